The van der Waals surface area contributed by atoms with Gasteiger partial charge in [0.2, 0.25) is 0 Å². The Bertz CT molecular complexity index is 1340. The number of nitrogens with zero attached hydrogens (tertiary/aromatic N) is 3. The Kier molecular flexibility index (Phi) is 6.53. The van der Waals surface area contributed by atoms with Crippen LogP contribution in [0.3, 0.4) is 0 Å². The summed E-state index contributed by atoms with van der Waals surface area (Å²) in [4.78, 5) is 21.5. The number of benzene rings is 2. The van der Waals surface area contributed by atoms with Gasteiger partial charge in [0.1, 0.15) is 18.2 Å². The van der Waals surface area contributed by atoms with E-state index in [-0.39, 0.29) is 5.92 Å². The van der Waals surface area contributed by atoms with Crippen molar-refractivity contribution < 1.29 is 14.6 Å². The number of carboxylic acids is 1. The summed E-state index contributed by atoms with van der Waals surface area (Å²) in [6.07, 6.45) is 5.37. The van der Waals surface area contributed by atoms with Crippen molar-refractivity contribution in [2.24, 2.45) is 5.92 Å². The topological polar surface area (TPSA) is 77.2 Å². The van der Waals surface area contributed by atoms with Crippen LogP contribution in [-0.2, 0) is 17.9 Å². The van der Waals surface area contributed by atoms with Crippen molar-refractivity contribution in [1.82, 2.24) is 14.5 Å². The molecule has 1 aliphatic carbocycles. The molecule has 1 unspecified atom stereocenters. The van der Waals surface area contributed by atoms with E-state index >= 15 is 0 Å². The fourth-order valence-electron chi connectivity index (χ4n) is 5.09. The molecular formula is C29H31N3O3. The Hall–Kier alpha value is -3.67. The molecule has 0 saturated heterocycles. The molecule has 4 aromatic rings. The van der Waals surface area contributed by atoms with Gasteiger partial charge < -0.3 is 14.4 Å². The number of imidazole rings is 1. The molecule has 6 nitrogen and oxygen atoms in total. The lowest BCUT2D eigenvalue weighted by Crippen LogP contribution is -2.27. The van der Waals surface area contributed by atoms with E-state index in [1.807, 2.05) is 55.6 Å². The quantitative estimate of drug-likeness (QED) is 0.357. The van der Waals surface area contributed by atoms with Crippen LogP contribution in [0.2, 0.25) is 0 Å². The zero-order valence-corrected chi connectivity index (χ0v) is 20.3. The predicted octanol–water partition coefficient (Wildman–Crippen LogP) is 6.03. The molecule has 1 saturated carbocycles. The van der Waals surface area contributed by atoms with Gasteiger partial charge >= 0.3 is 5.97 Å². The molecule has 0 radical (unpaired) electrons. The van der Waals surface area contributed by atoms with Gasteiger partial charge in [-0.05, 0) is 61.6 Å². The van der Waals surface area contributed by atoms with Gasteiger partial charge in [-0.1, -0.05) is 43.2 Å². The van der Waals surface area contributed by atoms with Crippen LogP contribution >= 0.6 is 0 Å². The highest BCUT2D eigenvalue weighted by atomic mass is 16.5. The molecule has 0 bridgehead atoms. The lowest BCUT2D eigenvalue weighted by atomic mass is 9.78. The van der Waals surface area contributed by atoms with Gasteiger partial charge in [0.15, 0.2) is 0 Å². The molecule has 2 atom stereocenters. The van der Waals surface area contributed by atoms with Crippen LogP contribution in [0.1, 0.15) is 59.8 Å². The Morgan fingerprint density at radius 2 is 1.91 bits per heavy atom. The van der Waals surface area contributed by atoms with E-state index in [2.05, 4.69) is 28.6 Å². The van der Waals surface area contributed by atoms with E-state index in [4.69, 9.17) is 9.72 Å². The summed E-state index contributed by atoms with van der Waals surface area (Å²) in [5.41, 5.74) is 6.22. The fourth-order valence-corrected chi connectivity index (χ4v) is 5.09. The second-order valence-electron chi connectivity index (χ2n) is 9.58. The van der Waals surface area contributed by atoms with Crippen molar-refractivity contribution in [3.63, 3.8) is 0 Å². The number of fused-ring (bicyclic) bond motifs is 1. The van der Waals surface area contributed by atoms with E-state index in [1.54, 1.807) is 0 Å². The molecule has 1 N–H and O–H groups in total. The van der Waals surface area contributed by atoms with E-state index in [0.717, 1.165) is 53.1 Å². The lowest BCUT2D eigenvalue weighted by molar-refractivity contribution is -0.143. The van der Waals surface area contributed by atoms with E-state index < -0.39 is 11.9 Å². The largest absolute Gasteiger partial charge is 0.487 e. The highest BCUT2D eigenvalue weighted by Gasteiger charge is 2.35. The van der Waals surface area contributed by atoms with Crippen molar-refractivity contribution in [2.75, 3.05) is 0 Å². The molecule has 0 spiro atoms. The standard InChI is InChI=1S/C29H31N3O3/c1-19-11-12-22(30-16-19)18-35-23-13-14-26-27(15-23)32(17-21-8-4-3-7-20(21)2)28(31-26)24-9-5-6-10-25(24)29(33)34/h3-4,7-8,11-16,24-25H,5-6,9-10,17-18H2,1-2H3,(H,33,34)/t24-,25?/m1/s1. The van der Waals surface area contributed by atoms with Crippen molar-refractivity contribution >= 4 is 17.0 Å². The Morgan fingerprint density at radius 3 is 2.69 bits per heavy atom. The normalized spacial score (nSPS) is 18.0. The van der Waals surface area contributed by atoms with Crippen molar-refractivity contribution in [3.05, 3.63) is 89.0 Å². The number of hydrogen-bond acceptors (Lipinski definition) is 4. The van der Waals surface area contributed by atoms with Crippen LogP contribution in [0.4, 0.5) is 0 Å². The Morgan fingerprint density at radius 1 is 1.09 bits per heavy atom. The molecule has 2 aromatic heterocycles. The summed E-state index contributed by atoms with van der Waals surface area (Å²) >= 11 is 0. The summed E-state index contributed by atoms with van der Waals surface area (Å²) in [5.74, 6) is 0.389. The molecule has 0 amide bonds. The summed E-state index contributed by atoms with van der Waals surface area (Å²) in [6, 6.07) is 18.3. The minimum absolute atomic E-state index is 0.0983. The van der Waals surface area contributed by atoms with Crippen LogP contribution < -0.4 is 4.74 Å². The van der Waals surface area contributed by atoms with Gasteiger partial charge in [0.25, 0.3) is 0 Å². The van der Waals surface area contributed by atoms with Gasteiger partial charge in [-0.3, -0.25) is 9.78 Å². The molecule has 1 fully saturated rings. The summed E-state index contributed by atoms with van der Waals surface area (Å²) in [7, 11) is 0. The average molecular weight is 470 g/mol. The number of hydrogen-bond donors (Lipinski definition) is 1. The summed E-state index contributed by atoms with van der Waals surface area (Å²) in [6.45, 7) is 5.15. The maximum absolute atomic E-state index is 12.1. The molecular weight excluding hydrogens is 438 g/mol. The van der Waals surface area contributed by atoms with E-state index in [9.17, 15) is 9.90 Å². The Labute approximate surface area is 205 Å². The average Bonchev–Trinajstić information content (AvgIpc) is 3.22. The first-order valence-corrected chi connectivity index (χ1v) is 12.3. The van der Waals surface area contributed by atoms with Gasteiger partial charge in [0, 0.05) is 24.7 Å². The molecule has 180 valence electrons. The van der Waals surface area contributed by atoms with Crippen LogP contribution in [0.15, 0.2) is 60.8 Å². The minimum atomic E-state index is -0.723. The monoisotopic (exact) mass is 469 g/mol. The number of ether oxygens (including phenoxy) is 1. The van der Waals surface area contributed by atoms with Crippen LogP contribution in [0.5, 0.6) is 5.75 Å². The third-order valence-electron chi connectivity index (χ3n) is 7.11. The number of carboxylic acid groups (broad SMARTS) is 1. The van der Waals surface area contributed by atoms with E-state index in [1.165, 1.54) is 11.1 Å². The fraction of sp³-hybridized carbons (Fsp3) is 0.345. The van der Waals surface area contributed by atoms with Gasteiger partial charge in [-0.25, -0.2) is 4.98 Å². The Balaban J connectivity index is 1.54. The molecule has 1 aliphatic rings. The van der Waals surface area contributed by atoms with Gasteiger partial charge in [0.05, 0.1) is 22.6 Å². The number of aromatic nitrogens is 3. The summed E-state index contributed by atoms with van der Waals surface area (Å²) < 4.78 is 8.29. The number of pyridine rings is 1. The first-order chi connectivity index (χ1) is 17.0. The second kappa shape index (κ2) is 9.90. The maximum atomic E-state index is 12.1. The molecule has 5 rings (SSSR count). The SMILES string of the molecule is Cc1ccc(COc2ccc3nc([C@@H]4CCCCC4C(=O)O)n(Cc4ccccc4C)c3c2)nc1. The van der Waals surface area contributed by atoms with Gasteiger partial charge in [-0.2, -0.15) is 0 Å². The first kappa shape index (κ1) is 23.1. The number of aryl methyl sites for hydroxylation is 2. The number of rotatable bonds is 7. The zero-order chi connectivity index (χ0) is 24.4. The van der Waals surface area contributed by atoms with Crippen molar-refractivity contribution in [2.45, 2.75) is 58.6 Å². The van der Waals surface area contributed by atoms with Crippen LogP contribution in [0, 0.1) is 19.8 Å². The maximum Gasteiger partial charge on any atom is 0.307 e. The summed E-state index contributed by atoms with van der Waals surface area (Å²) in [5, 5.41) is 9.95. The second-order valence-corrected chi connectivity index (χ2v) is 9.58. The number of carbonyl (C=O) groups is 1. The highest BCUT2D eigenvalue weighted by molar-refractivity contribution is 5.79. The van der Waals surface area contributed by atoms with Crippen LogP contribution in [0.25, 0.3) is 11.0 Å². The minimum Gasteiger partial charge on any atom is -0.487 e. The number of aliphatic carboxylic acids is 1. The first-order valence-electron chi connectivity index (χ1n) is 12.3. The van der Waals surface area contributed by atoms with Crippen molar-refractivity contribution in [1.29, 1.82) is 0 Å². The molecule has 6 heteroatoms. The van der Waals surface area contributed by atoms with Crippen LogP contribution in [-0.4, -0.2) is 25.6 Å². The van der Waals surface area contributed by atoms with Crippen molar-refractivity contribution in [3.8, 4) is 5.75 Å². The molecule has 2 heterocycles. The third kappa shape index (κ3) is 4.92. The lowest BCUT2D eigenvalue weighted by Gasteiger charge is -2.28. The smallest absolute Gasteiger partial charge is 0.307 e. The third-order valence-corrected chi connectivity index (χ3v) is 7.11. The highest BCUT2D eigenvalue weighted by Crippen LogP contribution is 2.39. The zero-order valence-electron chi connectivity index (χ0n) is 20.3. The predicted molar refractivity (Wildman–Crippen MR) is 136 cm³/mol. The van der Waals surface area contributed by atoms with Gasteiger partial charge in [-0.15, -0.1) is 0 Å². The molecule has 2 aromatic carbocycles. The molecule has 35 heavy (non-hydrogen) atoms. The molecule has 0 aliphatic heterocycles. The van der Waals surface area contributed by atoms with E-state index in [0.29, 0.717) is 19.6 Å².